The molecule has 2 N–H and O–H groups in total. The first-order valence-electron chi connectivity index (χ1n) is 6.72. The van der Waals surface area contributed by atoms with Crippen LogP contribution >= 0.6 is 0 Å². The maximum absolute atomic E-state index is 13.1. The van der Waals surface area contributed by atoms with Crippen molar-refractivity contribution in [2.75, 3.05) is 6.61 Å². The zero-order valence-electron chi connectivity index (χ0n) is 12.2. The van der Waals surface area contributed by atoms with Gasteiger partial charge in [0.15, 0.2) is 0 Å². The molecule has 0 heterocycles. The number of fused-ring (bicyclic) bond motifs is 1. The lowest BCUT2D eigenvalue weighted by Crippen LogP contribution is -2.42. The Morgan fingerprint density at radius 1 is 1.50 bits per heavy atom. The Morgan fingerprint density at radius 3 is 2.64 bits per heavy atom. The summed E-state index contributed by atoms with van der Waals surface area (Å²) < 4.78 is 60.1. The van der Waals surface area contributed by atoms with Gasteiger partial charge in [-0.3, -0.25) is 4.55 Å². The van der Waals surface area contributed by atoms with E-state index in [4.69, 9.17) is 4.55 Å². The van der Waals surface area contributed by atoms with Crippen LogP contribution in [0.5, 0.6) is 0 Å². The van der Waals surface area contributed by atoms with Crippen LogP contribution < -0.4 is 0 Å². The second-order valence-corrected chi connectivity index (χ2v) is 8.20. The number of halogens is 2. The van der Waals surface area contributed by atoms with Gasteiger partial charge in [0.05, 0.1) is 12.2 Å². The molecule has 2 aliphatic carbocycles. The van der Waals surface area contributed by atoms with Gasteiger partial charge in [0.1, 0.15) is 0 Å². The fourth-order valence-corrected chi connectivity index (χ4v) is 3.40. The van der Waals surface area contributed by atoms with Gasteiger partial charge in [-0.05, 0) is 32.1 Å². The summed E-state index contributed by atoms with van der Waals surface area (Å²) in [5.41, 5.74) is -0.829. The number of ether oxygens (including phenoxy) is 1. The minimum absolute atomic E-state index is 0.185. The van der Waals surface area contributed by atoms with E-state index in [2.05, 4.69) is 4.74 Å². The van der Waals surface area contributed by atoms with Gasteiger partial charge in [0, 0.05) is 5.41 Å². The highest BCUT2D eigenvalue weighted by molar-refractivity contribution is 7.87. The van der Waals surface area contributed by atoms with E-state index < -0.39 is 39.0 Å². The summed E-state index contributed by atoms with van der Waals surface area (Å²) >= 11 is 0. The first kappa shape index (κ1) is 17.3. The molecule has 1 saturated carbocycles. The predicted octanol–water partition coefficient (Wildman–Crippen LogP) is 1.51. The molecule has 0 bridgehead atoms. The number of alkyl halides is 2. The summed E-state index contributed by atoms with van der Waals surface area (Å²) in [6, 6.07) is 0. The minimum atomic E-state index is -5.87. The van der Waals surface area contributed by atoms with Crippen molar-refractivity contribution in [1.29, 1.82) is 0 Å². The average Bonchev–Trinajstić information content (AvgIpc) is 2.99. The summed E-state index contributed by atoms with van der Waals surface area (Å²) in [5.74, 6) is -2.09. The molecule has 6 nitrogen and oxygen atoms in total. The standard InChI is InChI=1S/C13H18F2O6S/c1-11(4-8-3-9(8)5-12(2,17)6-11)7-21-10(16)13(14,15)22(18,19)20/h5,8,17H,3-4,6-7H2,1-2H3,(H,18,19,20). The van der Waals surface area contributed by atoms with Gasteiger partial charge < -0.3 is 9.84 Å². The first-order valence-corrected chi connectivity index (χ1v) is 8.16. The molecular formula is C13H18F2O6S. The maximum Gasteiger partial charge on any atom is 0.465 e. The molecule has 0 saturated heterocycles. The molecule has 0 aromatic heterocycles. The Hall–Kier alpha value is -1.06. The quantitative estimate of drug-likeness (QED) is 0.457. The number of rotatable bonds is 4. The number of carbonyl (C=O) groups is 1. The van der Waals surface area contributed by atoms with Crippen molar-refractivity contribution in [2.24, 2.45) is 11.3 Å². The molecule has 2 rings (SSSR count). The third-order valence-electron chi connectivity index (χ3n) is 3.98. The van der Waals surface area contributed by atoms with Crippen molar-refractivity contribution in [3.63, 3.8) is 0 Å². The van der Waals surface area contributed by atoms with Gasteiger partial charge in [-0.25, -0.2) is 4.79 Å². The van der Waals surface area contributed by atoms with Crippen LogP contribution in [0.4, 0.5) is 8.78 Å². The Labute approximate surface area is 126 Å². The molecule has 0 aromatic rings. The normalized spacial score (nSPS) is 35.2. The third kappa shape index (κ3) is 3.47. The van der Waals surface area contributed by atoms with Crippen LogP contribution in [-0.4, -0.2) is 41.5 Å². The van der Waals surface area contributed by atoms with Gasteiger partial charge >= 0.3 is 21.3 Å². The lowest BCUT2D eigenvalue weighted by molar-refractivity contribution is -0.166. The van der Waals surface area contributed by atoms with Gasteiger partial charge in [-0.15, -0.1) is 0 Å². The van der Waals surface area contributed by atoms with E-state index in [-0.39, 0.29) is 12.3 Å². The fourth-order valence-electron chi connectivity index (χ4n) is 3.13. The summed E-state index contributed by atoms with van der Waals surface area (Å²) in [6.45, 7) is 2.79. The molecule has 3 atom stereocenters. The van der Waals surface area contributed by atoms with Crippen LogP contribution in [0.1, 0.15) is 33.1 Å². The minimum Gasteiger partial charge on any atom is -0.460 e. The maximum atomic E-state index is 13.1. The molecule has 22 heavy (non-hydrogen) atoms. The largest absolute Gasteiger partial charge is 0.465 e. The molecule has 0 aliphatic heterocycles. The second-order valence-electron chi connectivity index (χ2n) is 6.74. The monoisotopic (exact) mass is 340 g/mol. The van der Waals surface area contributed by atoms with E-state index in [1.54, 1.807) is 19.9 Å². The molecule has 0 spiro atoms. The lowest BCUT2D eigenvalue weighted by atomic mass is 9.77. The van der Waals surface area contributed by atoms with E-state index in [0.29, 0.717) is 6.42 Å². The van der Waals surface area contributed by atoms with Crippen LogP contribution in [0.15, 0.2) is 11.6 Å². The zero-order chi connectivity index (χ0) is 17.0. The average molecular weight is 340 g/mol. The Balaban J connectivity index is 2.06. The van der Waals surface area contributed by atoms with Crippen molar-refractivity contribution >= 4 is 16.1 Å². The number of hydrogen-bond donors (Lipinski definition) is 2. The molecule has 1 fully saturated rings. The van der Waals surface area contributed by atoms with Gasteiger partial charge in [0.2, 0.25) is 0 Å². The van der Waals surface area contributed by atoms with Crippen LogP contribution in [0, 0.1) is 11.3 Å². The van der Waals surface area contributed by atoms with Crippen molar-refractivity contribution < 1.29 is 36.4 Å². The number of aliphatic hydroxyl groups is 1. The Kier molecular flexibility index (Phi) is 3.91. The smallest absolute Gasteiger partial charge is 0.460 e. The van der Waals surface area contributed by atoms with E-state index in [0.717, 1.165) is 12.0 Å². The van der Waals surface area contributed by atoms with Gasteiger partial charge in [-0.2, -0.15) is 17.2 Å². The van der Waals surface area contributed by atoms with Crippen LogP contribution in [0.25, 0.3) is 0 Å². The van der Waals surface area contributed by atoms with Crippen LogP contribution in [0.2, 0.25) is 0 Å². The SMILES string of the molecule is CC1(O)C=C2CC2CC(C)(COC(=O)C(F)(F)S(=O)(=O)O)C1. The van der Waals surface area contributed by atoms with Crippen molar-refractivity contribution in [3.8, 4) is 0 Å². The van der Waals surface area contributed by atoms with Crippen molar-refractivity contribution in [3.05, 3.63) is 11.6 Å². The number of esters is 1. The van der Waals surface area contributed by atoms with E-state index in [1.807, 2.05) is 0 Å². The molecule has 0 radical (unpaired) electrons. The van der Waals surface area contributed by atoms with E-state index >= 15 is 0 Å². The van der Waals surface area contributed by atoms with Crippen molar-refractivity contribution in [1.82, 2.24) is 0 Å². The first-order chi connectivity index (χ1) is 9.76. The summed E-state index contributed by atoms with van der Waals surface area (Å²) in [4.78, 5) is 11.2. The second kappa shape index (κ2) is 4.97. The number of hydrogen-bond acceptors (Lipinski definition) is 5. The highest BCUT2D eigenvalue weighted by atomic mass is 32.2. The molecule has 0 amide bonds. The topological polar surface area (TPSA) is 101 Å². The number of allylic oxidation sites excluding steroid dienone is 1. The molecule has 0 aromatic carbocycles. The van der Waals surface area contributed by atoms with Crippen molar-refractivity contribution in [2.45, 2.75) is 44.0 Å². The summed E-state index contributed by atoms with van der Waals surface area (Å²) in [6.07, 6.45) is 3.27. The Morgan fingerprint density at radius 2 is 2.09 bits per heavy atom. The number of carbonyl (C=O) groups excluding carboxylic acids is 1. The molecular weight excluding hydrogens is 322 g/mol. The molecule has 9 heteroatoms. The Bertz CT molecular complexity index is 624. The van der Waals surface area contributed by atoms with Crippen LogP contribution in [0.3, 0.4) is 0 Å². The molecule has 2 aliphatic rings. The summed E-state index contributed by atoms with van der Waals surface area (Å²) in [5, 5.41) is 5.24. The van der Waals surface area contributed by atoms with Gasteiger partial charge in [-0.1, -0.05) is 18.6 Å². The zero-order valence-corrected chi connectivity index (χ0v) is 13.0. The highest BCUT2D eigenvalue weighted by Gasteiger charge is 2.55. The fraction of sp³-hybridized carbons (Fsp3) is 0.769. The predicted molar refractivity (Wildman–Crippen MR) is 71.6 cm³/mol. The van der Waals surface area contributed by atoms with Crippen LogP contribution in [-0.2, 0) is 19.6 Å². The lowest BCUT2D eigenvalue weighted by Gasteiger charge is -2.34. The molecule has 3 unspecified atom stereocenters. The third-order valence-corrected chi connectivity index (χ3v) is 4.79. The van der Waals surface area contributed by atoms with E-state index in [9.17, 15) is 27.1 Å². The highest BCUT2D eigenvalue weighted by Crippen LogP contribution is 2.52. The molecule has 126 valence electrons. The van der Waals surface area contributed by atoms with E-state index in [1.165, 1.54) is 0 Å². The van der Waals surface area contributed by atoms with Gasteiger partial charge in [0.25, 0.3) is 0 Å². The summed E-state index contributed by atoms with van der Waals surface area (Å²) in [7, 11) is -5.87.